The summed E-state index contributed by atoms with van der Waals surface area (Å²) in [6.45, 7) is 0.259. The molecule has 6 heteroatoms. The van der Waals surface area contributed by atoms with E-state index in [2.05, 4.69) is 4.98 Å². The van der Waals surface area contributed by atoms with E-state index in [0.717, 1.165) is 0 Å². The van der Waals surface area contributed by atoms with Crippen LogP contribution in [0.4, 0.5) is 0 Å². The molecule has 0 spiro atoms. The molecule has 0 radical (unpaired) electrons. The van der Waals surface area contributed by atoms with Gasteiger partial charge >= 0.3 is 5.97 Å². The number of carboxylic acid groups (broad SMARTS) is 1. The Kier molecular flexibility index (Phi) is 4.31. The van der Waals surface area contributed by atoms with E-state index in [1.165, 1.54) is 6.33 Å². The van der Waals surface area contributed by atoms with E-state index < -0.39 is 12.0 Å². The van der Waals surface area contributed by atoms with Crippen molar-refractivity contribution in [2.45, 2.75) is 12.6 Å². The number of halogens is 1. The number of nitrogens with zero attached hydrogens (tertiary/aromatic N) is 2. The molecular formula is C6H10ClN3O2. The first kappa shape index (κ1) is 10.9. The molecule has 1 aromatic rings. The zero-order valence-electron chi connectivity index (χ0n) is 6.25. The molecule has 0 aliphatic carbocycles. The van der Waals surface area contributed by atoms with Gasteiger partial charge in [-0.3, -0.25) is 4.79 Å². The molecule has 5 nitrogen and oxygen atoms in total. The van der Waals surface area contributed by atoms with Crippen LogP contribution in [0.3, 0.4) is 0 Å². The maximum Gasteiger partial charge on any atom is 0.322 e. The number of aliphatic carboxylic acids is 1. The summed E-state index contributed by atoms with van der Waals surface area (Å²) >= 11 is 0. The highest BCUT2D eigenvalue weighted by molar-refractivity contribution is 5.85. The number of aromatic nitrogens is 2. The van der Waals surface area contributed by atoms with Crippen LogP contribution < -0.4 is 5.73 Å². The van der Waals surface area contributed by atoms with Gasteiger partial charge in [-0.15, -0.1) is 12.4 Å². The quantitative estimate of drug-likeness (QED) is 0.689. The van der Waals surface area contributed by atoms with Crippen LogP contribution in [-0.4, -0.2) is 26.7 Å². The summed E-state index contributed by atoms with van der Waals surface area (Å²) in [6, 6.07) is -0.857. The Morgan fingerprint density at radius 1 is 1.75 bits per heavy atom. The molecule has 0 aromatic carbocycles. The van der Waals surface area contributed by atoms with E-state index in [1.807, 2.05) is 0 Å². The summed E-state index contributed by atoms with van der Waals surface area (Å²) in [7, 11) is 0. The normalized spacial score (nSPS) is 11.8. The lowest BCUT2D eigenvalue weighted by atomic mass is 10.3. The zero-order chi connectivity index (χ0) is 8.27. The molecule has 0 fully saturated rings. The number of carbonyl (C=O) groups is 1. The van der Waals surface area contributed by atoms with Crippen molar-refractivity contribution in [3.8, 4) is 0 Å². The molecule has 1 rings (SSSR count). The first-order valence-corrected chi connectivity index (χ1v) is 3.14. The fraction of sp³-hybridized carbons (Fsp3) is 0.333. The third kappa shape index (κ3) is 2.89. The third-order valence-electron chi connectivity index (χ3n) is 1.28. The Bertz CT molecular complexity index is 237. The highest BCUT2D eigenvalue weighted by Gasteiger charge is 2.10. The van der Waals surface area contributed by atoms with Gasteiger partial charge in [0.25, 0.3) is 0 Å². The molecule has 1 heterocycles. The van der Waals surface area contributed by atoms with E-state index in [4.69, 9.17) is 10.8 Å². The molecule has 0 bridgehead atoms. The molecule has 0 saturated heterocycles. The predicted molar refractivity (Wildman–Crippen MR) is 45.1 cm³/mol. The first-order chi connectivity index (χ1) is 5.20. The van der Waals surface area contributed by atoms with Crippen LogP contribution in [0.2, 0.25) is 0 Å². The molecule has 0 aliphatic rings. The Balaban J connectivity index is 0.00000121. The van der Waals surface area contributed by atoms with E-state index in [-0.39, 0.29) is 19.0 Å². The maximum absolute atomic E-state index is 10.3. The molecule has 0 amide bonds. The number of imidazole rings is 1. The number of carboxylic acids is 1. The SMILES string of the molecule is Cl.N[C@H](Cn1ccnc1)C(=O)O. The summed E-state index contributed by atoms with van der Waals surface area (Å²) < 4.78 is 1.62. The molecule has 1 aromatic heterocycles. The molecular weight excluding hydrogens is 182 g/mol. The highest BCUT2D eigenvalue weighted by Crippen LogP contribution is 1.89. The van der Waals surface area contributed by atoms with Crippen LogP contribution in [0.5, 0.6) is 0 Å². The van der Waals surface area contributed by atoms with Crippen molar-refractivity contribution >= 4 is 18.4 Å². The molecule has 12 heavy (non-hydrogen) atoms. The lowest BCUT2D eigenvalue weighted by Crippen LogP contribution is -2.34. The number of hydrogen-bond donors (Lipinski definition) is 2. The number of nitrogens with two attached hydrogens (primary N) is 1. The molecule has 0 aliphatic heterocycles. The van der Waals surface area contributed by atoms with E-state index in [0.29, 0.717) is 0 Å². The standard InChI is InChI=1S/C6H9N3O2.ClH/c7-5(6(10)11)3-9-2-1-8-4-9;/h1-2,4-5H,3,7H2,(H,10,11);1H/t5-;/m1./s1. The Labute approximate surface area is 75.6 Å². The largest absolute Gasteiger partial charge is 0.480 e. The monoisotopic (exact) mass is 191 g/mol. The minimum Gasteiger partial charge on any atom is -0.480 e. The van der Waals surface area contributed by atoms with Crippen LogP contribution >= 0.6 is 12.4 Å². The van der Waals surface area contributed by atoms with Crippen LogP contribution in [0.25, 0.3) is 0 Å². The fourth-order valence-electron chi connectivity index (χ4n) is 0.700. The zero-order valence-corrected chi connectivity index (χ0v) is 7.07. The summed E-state index contributed by atoms with van der Waals surface area (Å²) in [5.74, 6) is -1.00. The van der Waals surface area contributed by atoms with Crippen molar-refractivity contribution in [2.75, 3.05) is 0 Å². The van der Waals surface area contributed by atoms with Crippen molar-refractivity contribution < 1.29 is 9.90 Å². The maximum atomic E-state index is 10.3. The third-order valence-corrected chi connectivity index (χ3v) is 1.28. The lowest BCUT2D eigenvalue weighted by molar-refractivity contribution is -0.138. The molecule has 1 atom stereocenters. The number of rotatable bonds is 3. The van der Waals surface area contributed by atoms with Gasteiger partial charge < -0.3 is 15.4 Å². The van der Waals surface area contributed by atoms with Gasteiger partial charge in [0.05, 0.1) is 6.33 Å². The summed E-state index contributed by atoms with van der Waals surface area (Å²) in [5, 5.41) is 8.42. The minimum atomic E-state index is -1.00. The second kappa shape index (κ2) is 4.74. The van der Waals surface area contributed by atoms with Crippen molar-refractivity contribution in [1.29, 1.82) is 0 Å². The average Bonchev–Trinajstić information content (AvgIpc) is 2.39. The van der Waals surface area contributed by atoms with Gasteiger partial charge in [-0.1, -0.05) is 0 Å². The Morgan fingerprint density at radius 2 is 2.42 bits per heavy atom. The number of hydrogen-bond acceptors (Lipinski definition) is 3. The van der Waals surface area contributed by atoms with Crippen LogP contribution in [0.1, 0.15) is 0 Å². The van der Waals surface area contributed by atoms with Gasteiger partial charge in [0.15, 0.2) is 0 Å². The van der Waals surface area contributed by atoms with Gasteiger partial charge in [0.1, 0.15) is 6.04 Å². The molecule has 3 N–H and O–H groups in total. The van der Waals surface area contributed by atoms with Gasteiger partial charge in [-0.2, -0.15) is 0 Å². The lowest BCUT2D eigenvalue weighted by Gasteiger charge is -2.05. The van der Waals surface area contributed by atoms with Gasteiger partial charge in [0.2, 0.25) is 0 Å². The van der Waals surface area contributed by atoms with Crippen molar-refractivity contribution in [2.24, 2.45) is 5.73 Å². The Morgan fingerprint density at radius 3 is 2.83 bits per heavy atom. The Hall–Kier alpha value is -1.07. The fourth-order valence-corrected chi connectivity index (χ4v) is 0.700. The summed E-state index contributed by atoms with van der Waals surface area (Å²) in [6.07, 6.45) is 4.78. The van der Waals surface area contributed by atoms with Gasteiger partial charge in [-0.05, 0) is 0 Å². The molecule has 0 saturated carbocycles. The van der Waals surface area contributed by atoms with E-state index in [1.54, 1.807) is 17.0 Å². The molecule has 0 unspecified atom stereocenters. The minimum absolute atomic E-state index is 0. The van der Waals surface area contributed by atoms with Crippen LogP contribution in [0.15, 0.2) is 18.7 Å². The summed E-state index contributed by atoms with van der Waals surface area (Å²) in [4.78, 5) is 14.0. The topological polar surface area (TPSA) is 81.1 Å². The highest BCUT2D eigenvalue weighted by atomic mass is 35.5. The van der Waals surface area contributed by atoms with Crippen molar-refractivity contribution in [1.82, 2.24) is 9.55 Å². The van der Waals surface area contributed by atoms with Crippen molar-refractivity contribution in [3.05, 3.63) is 18.7 Å². The predicted octanol–water partition coefficient (Wildman–Crippen LogP) is -0.283. The van der Waals surface area contributed by atoms with Crippen LogP contribution in [0, 0.1) is 0 Å². The second-order valence-corrected chi connectivity index (χ2v) is 2.20. The van der Waals surface area contributed by atoms with E-state index in [9.17, 15) is 4.79 Å². The second-order valence-electron chi connectivity index (χ2n) is 2.20. The van der Waals surface area contributed by atoms with Crippen LogP contribution in [-0.2, 0) is 11.3 Å². The van der Waals surface area contributed by atoms with Gasteiger partial charge in [0, 0.05) is 18.9 Å². The van der Waals surface area contributed by atoms with Gasteiger partial charge in [-0.25, -0.2) is 4.98 Å². The average molecular weight is 192 g/mol. The molecule has 68 valence electrons. The first-order valence-electron chi connectivity index (χ1n) is 3.14. The smallest absolute Gasteiger partial charge is 0.322 e. The summed E-state index contributed by atoms with van der Waals surface area (Å²) in [5.41, 5.74) is 5.26. The van der Waals surface area contributed by atoms with Crippen molar-refractivity contribution in [3.63, 3.8) is 0 Å². The van der Waals surface area contributed by atoms with E-state index >= 15 is 0 Å².